The van der Waals surface area contributed by atoms with E-state index >= 15 is 0 Å². The van der Waals surface area contributed by atoms with Crippen LogP contribution < -0.4 is 0 Å². The maximum absolute atomic E-state index is 12.0. The summed E-state index contributed by atoms with van der Waals surface area (Å²) in [4.78, 5) is 10.9. The molecule has 0 spiro atoms. The van der Waals surface area contributed by atoms with E-state index < -0.39 is 25.8 Å². The molecular formula is C9H16O5S. The lowest BCUT2D eigenvalue weighted by Crippen LogP contribution is -2.47. The van der Waals surface area contributed by atoms with Gasteiger partial charge >= 0.3 is 5.97 Å². The molecule has 0 aromatic carbocycles. The highest BCUT2D eigenvalue weighted by atomic mass is 32.2. The molecule has 1 N–H and O–H groups in total. The Kier molecular flexibility index (Phi) is 3.40. The summed E-state index contributed by atoms with van der Waals surface area (Å²) >= 11 is 0. The van der Waals surface area contributed by atoms with Crippen molar-refractivity contribution in [3.63, 3.8) is 0 Å². The first-order valence-electron chi connectivity index (χ1n) is 4.84. The fourth-order valence-corrected chi connectivity index (χ4v) is 3.41. The zero-order valence-electron chi connectivity index (χ0n) is 8.89. The Labute approximate surface area is 89.3 Å². The van der Waals surface area contributed by atoms with E-state index in [4.69, 9.17) is 9.84 Å². The number of hydrogen-bond donors (Lipinski definition) is 1. The standard InChI is InChI=1S/C9H16O5S/c1-9(2,8(10)11)15(12,13)7-3-5-14-6-4-7/h7H,3-6H2,1-2H3,(H,10,11). The van der Waals surface area contributed by atoms with Crippen LogP contribution in [0.4, 0.5) is 0 Å². The van der Waals surface area contributed by atoms with Crippen molar-refractivity contribution in [2.45, 2.75) is 36.7 Å². The number of carboxylic acid groups (broad SMARTS) is 1. The first-order valence-corrected chi connectivity index (χ1v) is 6.39. The van der Waals surface area contributed by atoms with Gasteiger partial charge in [0.15, 0.2) is 14.6 Å². The van der Waals surface area contributed by atoms with E-state index in [2.05, 4.69) is 0 Å². The van der Waals surface area contributed by atoms with E-state index in [1.54, 1.807) is 0 Å². The summed E-state index contributed by atoms with van der Waals surface area (Å²) in [5.74, 6) is -1.30. The van der Waals surface area contributed by atoms with Gasteiger partial charge in [-0.2, -0.15) is 0 Å². The average molecular weight is 236 g/mol. The lowest BCUT2D eigenvalue weighted by atomic mass is 10.2. The predicted octanol–water partition coefficient (Wildman–Crippen LogP) is 0.443. The summed E-state index contributed by atoms with van der Waals surface area (Å²) in [5, 5.41) is 8.31. The van der Waals surface area contributed by atoms with E-state index in [1.165, 1.54) is 13.8 Å². The van der Waals surface area contributed by atoms with E-state index in [0.717, 1.165) is 0 Å². The molecule has 1 saturated heterocycles. The molecule has 0 unspecified atom stereocenters. The quantitative estimate of drug-likeness (QED) is 0.769. The summed E-state index contributed by atoms with van der Waals surface area (Å²) in [6, 6.07) is 0. The van der Waals surface area contributed by atoms with E-state index in [0.29, 0.717) is 26.1 Å². The van der Waals surface area contributed by atoms with Crippen LogP contribution in [0.1, 0.15) is 26.7 Å². The third kappa shape index (κ3) is 2.15. The Bertz CT molecular complexity index is 338. The molecule has 0 aromatic heterocycles. The first kappa shape index (κ1) is 12.4. The van der Waals surface area contributed by atoms with Crippen LogP contribution in [0.15, 0.2) is 0 Å². The topological polar surface area (TPSA) is 80.7 Å². The van der Waals surface area contributed by atoms with Gasteiger partial charge in [-0.05, 0) is 26.7 Å². The highest BCUT2D eigenvalue weighted by Gasteiger charge is 2.46. The van der Waals surface area contributed by atoms with Crippen LogP contribution in [-0.2, 0) is 19.4 Å². The molecule has 0 amide bonds. The number of hydrogen-bond acceptors (Lipinski definition) is 4. The second kappa shape index (κ2) is 4.09. The number of rotatable bonds is 3. The monoisotopic (exact) mass is 236 g/mol. The molecule has 0 radical (unpaired) electrons. The molecule has 0 aliphatic carbocycles. The molecule has 1 rings (SSSR count). The Balaban J connectivity index is 2.95. The molecule has 0 bridgehead atoms. The third-order valence-corrected chi connectivity index (χ3v) is 5.78. The maximum Gasteiger partial charge on any atom is 0.324 e. The third-order valence-electron chi connectivity index (χ3n) is 2.83. The van der Waals surface area contributed by atoms with Crippen molar-refractivity contribution < 1.29 is 23.1 Å². The van der Waals surface area contributed by atoms with Gasteiger partial charge < -0.3 is 9.84 Å². The Morgan fingerprint density at radius 2 is 1.80 bits per heavy atom. The van der Waals surface area contributed by atoms with Crippen LogP contribution in [0.25, 0.3) is 0 Å². The summed E-state index contributed by atoms with van der Waals surface area (Å²) in [5.41, 5.74) is 0. The average Bonchev–Trinajstić information content (AvgIpc) is 2.18. The normalized spacial score (nSPS) is 20.1. The highest BCUT2D eigenvalue weighted by Crippen LogP contribution is 2.27. The maximum atomic E-state index is 12.0. The summed E-state index contributed by atoms with van der Waals surface area (Å²) in [6.45, 7) is 3.25. The molecule has 1 aliphatic rings. The van der Waals surface area contributed by atoms with E-state index in [1.807, 2.05) is 0 Å². The van der Waals surface area contributed by atoms with Gasteiger partial charge in [-0.15, -0.1) is 0 Å². The fourth-order valence-electron chi connectivity index (χ4n) is 1.52. The zero-order chi connectivity index (χ0) is 11.7. The second-order valence-corrected chi connectivity index (χ2v) is 6.95. The molecule has 1 aliphatic heterocycles. The minimum absolute atomic E-state index is 0.388. The first-order chi connectivity index (χ1) is 6.80. The molecular weight excluding hydrogens is 220 g/mol. The minimum Gasteiger partial charge on any atom is -0.480 e. The number of ether oxygens (including phenoxy) is 1. The predicted molar refractivity (Wildman–Crippen MR) is 54.5 cm³/mol. The van der Waals surface area contributed by atoms with Crippen LogP contribution in [-0.4, -0.2) is 42.7 Å². The molecule has 88 valence electrons. The van der Waals surface area contributed by atoms with Crippen LogP contribution in [0, 0.1) is 0 Å². The molecule has 1 heterocycles. The number of carbonyl (C=O) groups is 1. The molecule has 0 atom stereocenters. The van der Waals surface area contributed by atoms with Crippen molar-refractivity contribution in [2.24, 2.45) is 0 Å². The van der Waals surface area contributed by atoms with Crippen molar-refractivity contribution in [2.75, 3.05) is 13.2 Å². The minimum atomic E-state index is -3.64. The second-order valence-electron chi connectivity index (χ2n) is 4.17. The van der Waals surface area contributed by atoms with Crippen molar-refractivity contribution >= 4 is 15.8 Å². The summed E-state index contributed by atoms with van der Waals surface area (Å²) in [6.07, 6.45) is 0.776. The fraction of sp³-hybridized carbons (Fsp3) is 0.889. The van der Waals surface area contributed by atoms with Gasteiger partial charge in [0.1, 0.15) is 0 Å². The smallest absolute Gasteiger partial charge is 0.324 e. The van der Waals surface area contributed by atoms with Crippen LogP contribution in [0.5, 0.6) is 0 Å². The Morgan fingerprint density at radius 1 is 1.33 bits per heavy atom. The molecule has 1 fully saturated rings. The Hall–Kier alpha value is -0.620. The van der Waals surface area contributed by atoms with Crippen molar-refractivity contribution in [1.29, 1.82) is 0 Å². The molecule has 6 heteroatoms. The number of carboxylic acids is 1. The molecule has 15 heavy (non-hydrogen) atoms. The zero-order valence-corrected chi connectivity index (χ0v) is 9.71. The van der Waals surface area contributed by atoms with Crippen LogP contribution in [0.2, 0.25) is 0 Å². The van der Waals surface area contributed by atoms with Crippen molar-refractivity contribution in [3.8, 4) is 0 Å². The van der Waals surface area contributed by atoms with Crippen molar-refractivity contribution in [1.82, 2.24) is 0 Å². The van der Waals surface area contributed by atoms with Crippen molar-refractivity contribution in [3.05, 3.63) is 0 Å². The lowest BCUT2D eigenvalue weighted by molar-refractivity contribution is -0.139. The van der Waals surface area contributed by atoms with E-state index in [-0.39, 0.29) is 0 Å². The van der Waals surface area contributed by atoms with Crippen LogP contribution in [0.3, 0.4) is 0 Å². The Morgan fingerprint density at radius 3 is 2.20 bits per heavy atom. The largest absolute Gasteiger partial charge is 0.480 e. The molecule has 0 saturated carbocycles. The summed E-state index contributed by atoms with van der Waals surface area (Å²) in [7, 11) is -3.64. The number of sulfone groups is 1. The SMILES string of the molecule is CC(C)(C(=O)O)S(=O)(=O)C1CCOCC1. The highest BCUT2D eigenvalue weighted by molar-refractivity contribution is 7.94. The van der Waals surface area contributed by atoms with Gasteiger partial charge in [0.05, 0.1) is 5.25 Å². The summed E-state index contributed by atoms with van der Waals surface area (Å²) < 4.78 is 27.4. The van der Waals surface area contributed by atoms with Crippen LogP contribution >= 0.6 is 0 Å². The van der Waals surface area contributed by atoms with Gasteiger partial charge in [0.2, 0.25) is 0 Å². The van der Waals surface area contributed by atoms with E-state index in [9.17, 15) is 13.2 Å². The number of aliphatic carboxylic acids is 1. The van der Waals surface area contributed by atoms with Gasteiger partial charge in [-0.1, -0.05) is 0 Å². The molecule has 0 aromatic rings. The van der Waals surface area contributed by atoms with Gasteiger partial charge in [-0.3, -0.25) is 4.79 Å². The van der Waals surface area contributed by atoms with Gasteiger partial charge in [0.25, 0.3) is 0 Å². The van der Waals surface area contributed by atoms with Gasteiger partial charge in [0, 0.05) is 13.2 Å². The van der Waals surface area contributed by atoms with Gasteiger partial charge in [-0.25, -0.2) is 8.42 Å². The molecule has 5 nitrogen and oxygen atoms in total. The lowest BCUT2D eigenvalue weighted by Gasteiger charge is -2.29.